The summed E-state index contributed by atoms with van der Waals surface area (Å²) in [5.41, 5.74) is 0. The Kier molecular flexibility index (Phi) is 21.4. The first-order valence-corrected chi connectivity index (χ1v) is 10.3. The number of carbonyl (C=O) groups excluding carboxylic acids is 2. The molecule has 0 aromatic carbocycles. The van der Waals surface area contributed by atoms with Crippen molar-refractivity contribution in [2.45, 2.75) is 51.9 Å². The number of ether oxygens (including phenoxy) is 4. The number of hydrogen-bond acceptors (Lipinski definition) is 7. The highest BCUT2D eigenvalue weighted by Crippen LogP contribution is 2.06. The Morgan fingerprint density at radius 1 is 0.714 bits per heavy atom. The molecule has 28 heavy (non-hydrogen) atoms. The molecule has 0 aliphatic heterocycles. The molecule has 0 fully saturated rings. The molecular weight excluding hydrogens is 366 g/mol. The maximum atomic E-state index is 11.6. The summed E-state index contributed by atoms with van der Waals surface area (Å²) < 4.78 is 21.1. The van der Waals surface area contributed by atoms with Crippen LogP contribution in [-0.2, 0) is 28.5 Å². The van der Waals surface area contributed by atoms with Crippen LogP contribution in [0.3, 0.4) is 0 Å². The Bertz CT molecular complexity index is 366. The summed E-state index contributed by atoms with van der Waals surface area (Å²) in [5.74, 6) is 0.0730. The van der Waals surface area contributed by atoms with Crippen molar-refractivity contribution in [2.24, 2.45) is 0 Å². The van der Waals surface area contributed by atoms with E-state index in [4.69, 9.17) is 24.1 Å². The predicted octanol–water partition coefficient (Wildman–Crippen LogP) is 1.48. The van der Waals surface area contributed by atoms with Crippen LogP contribution in [0.5, 0.6) is 0 Å². The first kappa shape index (κ1) is 26.9. The molecule has 0 bridgehead atoms. The van der Waals surface area contributed by atoms with Gasteiger partial charge in [0, 0.05) is 19.6 Å². The highest BCUT2D eigenvalue weighted by Gasteiger charge is 2.00. The van der Waals surface area contributed by atoms with Gasteiger partial charge in [0.25, 0.3) is 0 Å². The summed E-state index contributed by atoms with van der Waals surface area (Å²) in [6.07, 6.45) is 6.70. The molecular formula is C20H39NO7. The second kappa shape index (κ2) is 22.2. The van der Waals surface area contributed by atoms with Gasteiger partial charge < -0.3 is 29.4 Å². The Morgan fingerprint density at radius 2 is 1.21 bits per heavy atom. The molecule has 0 saturated carbocycles. The second-order valence-corrected chi connectivity index (χ2v) is 6.54. The molecule has 0 atom stereocenters. The van der Waals surface area contributed by atoms with Gasteiger partial charge in [0.15, 0.2) is 5.78 Å². The van der Waals surface area contributed by atoms with Crippen molar-refractivity contribution in [2.75, 3.05) is 66.0 Å². The van der Waals surface area contributed by atoms with Crippen LogP contribution in [0, 0.1) is 0 Å². The van der Waals surface area contributed by atoms with Crippen LogP contribution >= 0.6 is 0 Å². The molecule has 2 N–H and O–H groups in total. The van der Waals surface area contributed by atoms with Gasteiger partial charge in [-0.2, -0.15) is 0 Å². The van der Waals surface area contributed by atoms with E-state index in [0.29, 0.717) is 59.2 Å². The third kappa shape index (κ3) is 23.0. The van der Waals surface area contributed by atoms with Crippen molar-refractivity contribution in [3.63, 3.8) is 0 Å². The van der Waals surface area contributed by atoms with E-state index < -0.39 is 0 Å². The van der Waals surface area contributed by atoms with E-state index in [-0.39, 0.29) is 24.9 Å². The van der Waals surface area contributed by atoms with Gasteiger partial charge in [0.2, 0.25) is 5.91 Å². The quantitative estimate of drug-likeness (QED) is 0.263. The van der Waals surface area contributed by atoms with Crippen LogP contribution in [-0.4, -0.2) is 82.8 Å². The summed E-state index contributed by atoms with van der Waals surface area (Å²) in [6, 6.07) is 0. The van der Waals surface area contributed by atoms with Gasteiger partial charge in [-0.15, -0.1) is 0 Å². The topological polar surface area (TPSA) is 103 Å². The van der Waals surface area contributed by atoms with Crippen molar-refractivity contribution >= 4 is 11.7 Å². The molecule has 0 aromatic rings. The molecule has 0 heterocycles. The monoisotopic (exact) mass is 405 g/mol. The van der Waals surface area contributed by atoms with E-state index in [1.807, 2.05) is 0 Å². The first-order chi connectivity index (χ1) is 13.7. The minimum atomic E-state index is 0.00385. The van der Waals surface area contributed by atoms with Crippen LogP contribution in [0.25, 0.3) is 0 Å². The van der Waals surface area contributed by atoms with Crippen molar-refractivity contribution in [3.8, 4) is 0 Å². The average molecular weight is 406 g/mol. The second-order valence-electron chi connectivity index (χ2n) is 6.54. The lowest BCUT2D eigenvalue weighted by Gasteiger charge is -2.08. The lowest BCUT2D eigenvalue weighted by atomic mass is 10.1. The number of unbranched alkanes of at least 4 members (excludes halogenated alkanes) is 5. The fraction of sp³-hybridized carbons (Fsp3) is 0.900. The molecule has 0 aliphatic rings. The van der Waals surface area contributed by atoms with Crippen LogP contribution in [0.1, 0.15) is 51.9 Å². The van der Waals surface area contributed by atoms with Crippen LogP contribution < -0.4 is 5.32 Å². The molecule has 0 rings (SSSR count). The lowest BCUT2D eigenvalue weighted by Crippen LogP contribution is -2.27. The number of aliphatic hydroxyl groups is 1. The Morgan fingerprint density at radius 3 is 1.79 bits per heavy atom. The Balaban J connectivity index is 3.14. The number of aliphatic hydroxyl groups excluding tert-OH is 1. The van der Waals surface area contributed by atoms with Crippen molar-refractivity contribution in [1.29, 1.82) is 0 Å². The lowest BCUT2D eigenvalue weighted by molar-refractivity contribution is -0.122. The van der Waals surface area contributed by atoms with Gasteiger partial charge in [0.05, 0.1) is 46.2 Å². The number of carbonyl (C=O) groups is 2. The third-order valence-corrected chi connectivity index (χ3v) is 3.80. The van der Waals surface area contributed by atoms with E-state index in [9.17, 15) is 9.59 Å². The maximum Gasteiger partial charge on any atom is 0.220 e. The summed E-state index contributed by atoms with van der Waals surface area (Å²) in [4.78, 5) is 22.3. The molecule has 8 nitrogen and oxygen atoms in total. The number of amides is 1. The SMILES string of the molecule is CC(=O)COCCOCCOCCOCCNC(=O)CCCCCCCCO. The highest BCUT2D eigenvalue weighted by molar-refractivity contribution is 5.76. The Hall–Kier alpha value is -1.06. The molecule has 0 unspecified atom stereocenters. The average Bonchev–Trinajstić information content (AvgIpc) is 2.67. The highest BCUT2D eigenvalue weighted by atomic mass is 16.6. The molecule has 0 aromatic heterocycles. The maximum absolute atomic E-state index is 11.6. The number of ketones is 1. The molecule has 0 aliphatic carbocycles. The minimum absolute atomic E-state index is 0.00385. The fourth-order valence-electron chi connectivity index (χ4n) is 2.33. The van der Waals surface area contributed by atoms with Gasteiger partial charge in [-0.3, -0.25) is 9.59 Å². The normalized spacial score (nSPS) is 10.9. The summed E-state index contributed by atoms with van der Waals surface area (Å²) in [6.45, 7) is 5.62. The van der Waals surface area contributed by atoms with Gasteiger partial charge in [0.1, 0.15) is 6.61 Å². The first-order valence-electron chi connectivity index (χ1n) is 10.3. The van der Waals surface area contributed by atoms with E-state index in [0.717, 1.165) is 38.5 Å². The Labute approximate surface area is 169 Å². The summed E-state index contributed by atoms with van der Waals surface area (Å²) in [7, 11) is 0. The third-order valence-electron chi connectivity index (χ3n) is 3.80. The molecule has 0 radical (unpaired) electrons. The van der Waals surface area contributed by atoms with Crippen molar-refractivity contribution < 1.29 is 33.6 Å². The fourth-order valence-corrected chi connectivity index (χ4v) is 2.33. The zero-order valence-corrected chi connectivity index (χ0v) is 17.4. The van der Waals surface area contributed by atoms with Gasteiger partial charge in [-0.25, -0.2) is 0 Å². The van der Waals surface area contributed by atoms with E-state index in [1.54, 1.807) is 0 Å². The number of nitrogens with one attached hydrogen (secondary N) is 1. The zero-order valence-electron chi connectivity index (χ0n) is 17.4. The summed E-state index contributed by atoms with van der Waals surface area (Å²) in [5, 5.41) is 11.5. The molecule has 8 heteroatoms. The van der Waals surface area contributed by atoms with Crippen LogP contribution in [0.2, 0.25) is 0 Å². The van der Waals surface area contributed by atoms with E-state index in [1.165, 1.54) is 6.92 Å². The minimum Gasteiger partial charge on any atom is -0.396 e. The zero-order chi connectivity index (χ0) is 20.7. The number of hydrogen-bond donors (Lipinski definition) is 2. The predicted molar refractivity (Wildman–Crippen MR) is 106 cm³/mol. The van der Waals surface area contributed by atoms with Gasteiger partial charge in [-0.05, 0) is 19.8 Å². The van der Waals surface area contributed by atoms with Crippen molar-refractivity contribution in [3.05, 3.63) is 0 Å². The number of rotatable bonds is 22. The molecule has 1 amide bonds. The number of Topliss-reactive ketones (excluding diaryl/α,β-unsaturated/α-hetero) is 1. The van der Waals surface area contributed by atoms with Crippen LogP contribution in [0.15, 0.2) is 0 Å². The van der Waals surface area contributed by atoms with Gasteiger partial charge in [-0.1, -0.05) is 25.7 Å². The van der Waals surface area contributed by atoms with Crippen molar-refractivity contribution in [1.82, 2.24) is 5.32 Å². The largest absolute Gasteiger partial charge is 0.396 e. The van der Waals surface area contributed by atoms with Gasteiger partial charge >= 0.3 is 0 Å². The molecule has 0 spiro atoms. The standard InChI is InChI=1S/C20H39NO7/c1-19(23)18-28-17-16-27-15-14-26-13-12-25-11-9-21-20(24)8-6-4-2-3-5-7-10-22/h22H,2-18H2,1H3,(H,21,24). The molecule has 166 valence electrons. The van der Waals surface area contributed by atoms with Crippen LogP contribution in [0.4, 0.5) is 0 Å². The smallest absolute Gasteiger partial charge is 0.220 e. The molecule has 0 saturated heterocycles. The van der Waals surface area contributed by atoms with E-state index >= 15 is 0 Å². The van der Waals surface area contributed by atoms with E-state index in [2.05, 4.69) is 5.32 Å². The summed E-state index contributed by atoms with van der Waals surface area (Å²) >= 11 is 0.